The molecule has 3 aromatic carbocycles. The Morgan fingerprint density at radius 3 is 2.03 bits per heavy atom. The number of amides is 1. The van der Waals surface area contributed by atoms with Gasteiger partial charge in [0, 0.05) is 12.3 Å². The van der Waals surface area contributed by atoms with Crippen LogP contribution < -0.4 is 5.32 Å². The second-order valence-corrected chi connectivity index (χ2v) is 7.47. The van der Waals surface area contributed by atoms with Gasteiger partial charge in [-0.2, -0.15) is 0 Å². The molecule has 0 bridgehead atoms. The van der Waals surface area contributed by atoms with Crippen molar-refractivity contribution in [1.29, 1.82) is 0 Å². The van der Waals surface area contributed by atoms with Gasteiger partial charge in [0.1, 0.15) is 12.6 Å². The van der Waals surface area contributed by atoms with E-state index in [2.05, 4.69) is 5.32 Å². The summed E-state index contributed by atoms with van der Waals surface area (Å²) >= 11 is 0. The van der Waals surface area contributed by atoms with Gasteiger partial charge < -0.3 is 20.3 Å². The van der Waals surface area contributed by atoms with Crippen molar-refractivity contribution in [2.24, 2.45) is 0 Å². The van der Waals surface area contributed by atoms with Crippen LogP contribution in [0.1, 0.15) is 22.6 Å². The second kappa shape index (κ2) is 8.66. The monoisotopic (exact) mass is 439 g/mol. The first-order valence-electron chi connectivity index (χ1n) is 9.86. The van der Waals surface area contributed by atoms with E-state index >= 15 is 0 Å². The third-order valence-electron chi connectivity index (χ3n) is 5.45. The molecule has 0 saturated carbocycles. The second-order valence-electron chi connectivity index (χ2n) is 7.47. The lowest BCUT2D eigenvalue weighted by molar-refractivity contribution is -0.139. The summed E-state index contributed by atoms with van der Waals surface area (Å²) in [7, 11) is 0. The molecule has 1 amide bonds. The molecule has 1 atom stereocenters. The van der Waals surface area contributed by atoms with Gasteiger partial charge >= 0.3 is 12.1 Å². The quantitative estimate of drug-likeness (QED) is 0.535. The molecular weight excluding hydrogens is 420 g/mol. The van der Waals surface area contributed by atoms with Crippen LogP contribution >= 0.6 is 0 Å². The molecule has 4 rings (SSSR count). The number of phenolic OH excluding ortho intramolecular Hbond substituents is 1. The number of ether oxygens (including phenoxy) is 1. The van der Waals surface area contributed by atoms with E-state index in [1.54, 1.807) is 0 Å². The third-order valence-corrected chi connectivity index (χ3v) is 5.45. The van der Waals surface area contributed by atoms with Crippen molar-refractivity contribution >= 4 is 12.1 Å². The summed E-state index contributed by atoms with van der Waals surface area (Å²) in [4.78, 5) is 23.9. The SMILES string of the molecule is O=C(N[C@H](Cc1cc(F)c(O)c(F)c1)C(=O)O)OCC1c2ccccc2-c2ccccc21. The smallest absolute Gasteiger partial charge is 0.407 e. The fourth-order valence-corrected chi connectivity index (χ4v) is 3.95. The number of hydrogen-bond donors (Lipinski definition) is 3. The number of carboxylic acids is 1. The molecule has 0 unspecified atom stereocenters. The molecule has 0 aliphatic heterocycles. The Balaban J connectivity index is 1.44. The maximum absolute atomic E-state index is 13.5. The first-order chi connectivity index (χ1) is 15.3. The van der Waals surface area contributed by atoms with Crippen molar-refractivity contribution < 1.29 is 33.3 Å². The van der Waals surface area contributed by atoms with Crippen LogP contribution in [0.3, 0.4) is 0 Å². The Hall–Kier alpha value is -3.94. The van der Waals surface area contributed by atoms with Gasteiger partial charge in [0.25, 0.3) is 0 Å². The molecule has 164 valence electrons. The third kappa shape index (κ3) is 4.12. The van der Waals surface area contributed by atoms with E-state index in [0.29, 0.717) is 0 Å². The van der Waals surface area contributed by atoms with Gasteiger partial charge in [0.15, 0.2) is 17.4 Å². The number of rotatable bonds is 6. The van der Waals surface area contributed by atoms with Crippen molar-refractivity contribution in [2.75, 3.05) is 6.61 Å². The average Bonchev–Trinajstić information content (AvgIpc) is 3.09. The number of nitrogens with one attached hydrogen (secondary N) is 1. The summed E-state index contributed by atoms with van der Waals surface area (Å²) in [6, 6.07) is 15.7. The van der Waals surface area contributed by atoms with Gasteiger partial charge in [0.2, 0.25) is 0 Å². The van der Waals surface area contributed by atoms with Crippen LogP contribution in [0.4, 0.5) is 13.6 Å². The van der Waals surface area contributed by atoms with E-state index < -0.39 is 41.9 Å². The highest BCUT2D eigenvalue weighted by Gasteiger charge is 2.30. The maximum atomic E-state index is 13.5. The molecule has 3 aromatic rings. The Morgan fingerprint density at radius 1 is 0.969 bits per heavy atom. The summed E-state index contributed by atoms with van der Waals surface area (Å²) in [6.07, 6.45) is -1.35. The van der Waals surface area contributed by atoms with Crippen molar-refractivity contribution in [1.82, 2.24) is 5.32 Å². The van der Waals surface area contributed by atoms with E-state index in [9.17, 15) is 28.6 Å². The van der Waals surface area contributed by atoms with Crippen LogP contribution in [0.15, 0.2) is 60.7 Å². The predicted molar refractivity (Wildman–Crippen MR) is 111 cm³/mol. The van der Waals surface area contributed by atoms with Crippen LogP contribution in [-0.4, -0.2) is 34.9 Å². The van der Waals surface area contributed by atoms with E-state index in [4.69, 9.17) is 4.74 Å². The van der Waals surface area contributed by atoms with Gasteiger partial charge in [-0.15, -0.1) is 0 Å². The van der Waals surface area contributed by atoms with Crippen LogP contribution in [-0.2, 0) is 16.0 Å². The number of benzene rings is 3. The van der Waals surface area contributed by atoms with Gasteiger partial charge in [-0.1, -0.05) is 48.5 Å². The number of carboxylic acid groups (broad SMARTS) is 1. The summed E-state index contributed by atoms with van der Waals surface area (Å²) in [5.74, 6) is -5.18. The summed E-state index contributed by atoms with van der Waals surface area (Å²) in [5, 5.41) is 20.8. The highest BCUT2D eigenvalue weighted by molar-refractivity contribution is 5.81. The minimum atomic E-state index is -1.48. The minimum absolute atomic E-state index is 0.00529. The summed E-state index contributed by atoms with van der Waals surface area (Å²) in [6.45, 7) is -0.00529. The topological polar surface area (TPSA) is 95.9 Å². The predicted octanol–water partition coefficient (Wildman–Crippen LogP) is 4.20. The number of alkyl carbamates (subject to hydrolysis) is 1. The molecule has 0 fully saturated rings. The van der Waals surface area contributed by atoms with E-state index in [1.165, 1.54) is 0 Å². The minimum Gasteiger partial charge on any atom is -0.503 e. The first kappa shape index (κ1) is 21.3. The number of carbonyl (C=O) groups is 2. The number of carbonyl (C=O) groups excluding carboxylic acids is 1. The van der Waals surface area contributed by atoms with Gasteiger partial charge in [0.05, 0.1) is 0 Å². The Kier molecular flexibility index (Phi) is 5.77. The van der Waals surface area contributed by atoms with E-state index in [0.717, 1.165) is 34.4 Å². The van der Waals surface area contributed by atoms with Crippen LogP contribution in [0.5, 0.6) is 5.75 Å². The molecule has 0 aromatic heterocycles. The van der Waals surface area contributed by atoms with Gasteiger partial charge in [-0.3, -0.25) is 0 Å². The number of fused-ring (bicyclic) bond motifs is 3. The number of halogens is 2. The number of phenols is 1. The molecule has 0 saturated heterocycles. The molecule has 3 N–H and O–H groups in total. The van der Waals surface area contributed by atoms with E-state index in [1.807, 2.05) is 48.5 Å². The molecule has 0 radical (unpaired) electrons. The first-order valence-corrected chi connectivity index (χ1v) is 9.86. The van der Waals surface area contributed by atoms with Crippen LogP contribution in [0.2, 0.25) is 0 Å². The number of hydrogen-bond acceptors (Lipinski definition) is 4. The summed E-state index contributed by atoms with van der Waals surface area (Å²) in [5.41, 5.74) is 4.08. The lowest BCUT2D eigenvalue weighted by Crippen LogP contribution is -2.43. The lowest BCUT2D eigenvalue weighted by Gasteiger charge is -2.17. The molecule has 8 heteroatoms. The van der Waals surface area contributed by atoms with Crippen LogP contribution in [0, 0.1) is 11.6 Å². The number of aliphatic carboxylic acids is 1. The van der Waals surface area contributed by atoms with Crippen molar-refractivity contribution in [3.63, 3.8) is 0 Å². The largest absolute Gasteiger partial charge is 0.503 e. The Bertz CT molecular complexity index is 1130. The van der Waals surface area contributed by atoms with E-state index in [-0.39, 0.29) is 18.1 Å². The zero-order valence-electron chi connectivity index (χ0n) is 16.7. The van der Waals surface area contributed by atoms with Crippen molar-refractivity contribution in [2.45, 2.75) is 18.4 Å². The molecule has 6 nitrogen and oxygen atoms in total. The molecule has 0 spiro atoms. The standard InChI is InChI=1S/C24H19F2NO5/c25-19-9-13(10-20(26)22(19)28)11-21(23(29)30)27-24(31)32-12-18-16-7-3-1-5-14(16)15-6-2-4-8-17(15)18/h1-10,18,21,28H,11-12H2,(H,27,31)(H,29,30)/t21-/m1/s1. The van der Waals surface area contributed by atoms with Gasteiger partial charge in [-0.25, -0.2) is 18.4 Å². The van der Waals surface area contributed by atoms with Gasteiger partial charge in [-0.05, 0) is 39.9 Å². The zero-order valence-corrected chi connectivity index (χ0v) is 16.7. The molecule has 1 aliphatic carbocycles. The number of aromatic hydroxyl groups is 1. The van der Waals surface area contributed by atoms with Crippen LogP contribution in [0.25, 0.3) is 11.1 Å². The Labute approximate surface area is 182 Å². The highest BCUT2D eigenvalue weighted by atomic mass is 19.1. The normalized spacial score (nSPS) is 13.2. The maximum Gasteiger partial charge on any atom is 0.407 e. The molecular formula is C24H19F2NO5. The summed E-state index contributed by atoms with van der Waals surface area (Å²) < 4.78 is 32.4. The molecule has 32 heavy (non-hydrogen) atoms. The molecule has 1 aliphatic rings. The molecule has 0 heterocycles. The zero-order chi connectivity index (χ0) is 22.8. The lowest BCUT2D eigenvalue weighted by atomic mass is 9.98. The fraction of sp³-hybridized carbons (Fsp3) is 0.167. The Morgan fingerprint density at radius 2 is 1.50 bits per heavy atom. The van der Waals surface area contributed by atoms with Crippen molar-refractivity contribution in [3.05, 3.63) is 89.0 Å². The van der Waals surface area contributed by atoms with Crippen molar-refractivity contribution in [3.8, 4) is 16.9 Å². The highest BCUT2D eigenvalue weighted by Crippen LogP contribution is 2.44. The average molecular weight is 439 g/mol. The fourth-order valence-electron chi connectivity index (χ4n) is 3.95.